The average Bonchev–Trinajstić information content (AvgIpc) is 3.17. The van der Waals surface area contributed by atoms with Crippen LogP contribution in [0.4, 0.5) is 0 Å². The highest BCUT2D eigenvalue weighted by Gasteiger charge is 2.22. The smallest absolute Gasteiger partial charge is 0.246 e. The van der Waals surface area contributed by atoms with E-state index in [2.05, 4.69) is 9.80 Å². The van der Waals surface area contributed by atoms with Crippen molar-refractivity contribution >= 4 is 48.8 Å². The molecule has 2 aliphatic rings. The van der Waals surface area contributed by atoms with Crippen molar-refractivity contribution < 1.29 is 38.0 Å². The Bertz CT molecular complexity index is 1420. The van der Waals surface area contributed by atoms with Crippen molar-refractivity contribution in [2.45, 2.75) is 6.42 Å². The lowest BCUT2D eigenvalue weighted by atomic mass is 10.1. The fourth-order valence-corrected chi connectivity index (χ4v) is 6.12. The normalized spacial score (nSPS) is 15.4. The van der Waals surface area contributed by atoms with E-state index in [9.17, 15) is 9.59 Å². The fraction of sp³-hybridized carbons (Fsp3) is 0.436. The lowest BCUT2D eigenvalue weighted by Crippen LogP contribution is -2.50. The van der Waals surface area contributed by atoms with Crippen LogP contribution in [0.5, 0.6) is 34.5 Å². The third kappa shape index (κ3) is 12.9. The molecule has 0 saturated carbocycles. The van der Waals surface area contributed by atoms with Crippen LogP contribution in [0.2, 0.25) is 0 Å². The average molecular weight is 778 g/mol. The van der Waals surface area contributed by atoms with Gasteiger partial charge in [0, 0.05) is 64.5 Å². The van der Waals surface area contributed by atoms with Crippen molar-refractivity contribution in [2.24, 2.45) is 0 Å². The van der Waals surface area contributed by atoms with Crippen molar-refractivity contribution in [1.82, 2.24) is 19.6 Å². The molecule has 0 spiro atoms. The highest BCUT2D eigenvalue weighted by Crippen LogP contribution is 2.39. The summed E-state index contributed by atoms with van der Waals surface area (Å²) in [7, 11) is 9.47. The number of halogens is 2. The molecule has 2 aliphatic heterocycles. The number of benzene rings is 2. The molecule has 2 fully saturated rings. The maximum Gasteiger partial charge on any atom is 0.246 e. The molecule has 0 aromatic heterocycles. The van der Waals surface area contributed by atoms with Gasteiger partial charge < -0.3 is 38.2 Å². The molecule has 0 bridgehead atoms. The summed E-state index contributed by atoms with van der Waals surface area (Å²) >= 11 is 0. The Labute approximate surface area is 326 Å². The van der Waals surface area contributed by atoms with E-state index in [1.165, 1.54) is 0 Å². The summed E-state index contributed by atoms with van der Waals surface area (Å²) in [5.74, 6) is 3.42. The van der Waals surface area contributed by atoms with Crippen LogP contribution >= 0.6 is 24.8 Å². The van der Waals surface area contributed by atoms with E-state index in [-0.39, 0.29) is 36.6 Å². The third-order valence-corrected chi connectivity index (χ3v) is 8.97. The van der Waals surface area contributed by atoms with E-state index >= 15 is 0 Å². The zero-order chi connectivity index (χ0) is 36.6. The molecule has 0 N–H and O–H groups in total. The van der Waals surface area contributed by atoms with Gasteiger partial charge in [0.15, 0.2) is 23.0 Å². The first-order valence-corrected chi connectivity index (χ1v) is 17.2. The molecule has 4 rings (SSSR count). The summed E-state index contributed by atoms with van der Waals surface area (Å²) in [5, 5.41) is 0. The second kappa shape index (κ2) is 23.3. The van der Waals surface area contributed by atoms with Gasteiger partial charge in [0.05, 0.1) is 42.7 Å². The molecule has 2 heterocycles. The number of amides is 2. The quantitative estimate of drug-likeness (QED) is 0.169. The van der Waals surface area contributed by atoms with Crippen LogP contribution in [0, 0.1) is 0 Å². The monoisotopic (exact) mass is 776 g/mol. The Morgan fingerprint density at radius 1 is 0.509 bits per heavy atom. The predicted molar refractivity (Wildman–Crippen MR) is 214 cm³/mol. The Balaban J connectivity index is 0.00000486. The molecule has 0 radical (unpaired) electrons. The highest BCUT2D eigenvalue weighted by atomic mass is 35.5. The SMILES string of the molecule is COc1cc(/C=C/C=C/C(=O)N2CCN(CCCN3CCN(C(=O)/C=C/C=C/c4cc(OC)c(OC)c(OC)c4)CC3)CC2)cc(OC)c1OC.Cl.Cl. The molecule has 2 saturated heterocycles. The standard InChI is InChI=1S/C39H52N4O8.2ClH/c1-46-32-26-30(27-33(47-2)38(32)50-5)12-7-9-14-36(44)42-22-18-40(19-23-42)16-11-17-41-20-24-43(25-21-41)37(45)15-10-8-13-31-28-34(48-3)39(51-6)35(29-31)49-4;;/h7-10,12-15,26-29H,11,16-25H2,1-6H3;2*1H/b12-7+,13-8+,14-9+,15-10+;;. The van der Waals surface area contributed by atoms with Crippen LogP contribution in [-0.4, -0.2) is 140 Å². The largest absolute Gasteiger partial charge is 0.493 e. The molecule has 0 atom stereocenters. The first-order valence-electron chi connectivity index (χ1n) is 17.2. The summed E-state index contributed by atoms with van der Waals surface area (Å²) < 4.78 is 32.4. The summed E-state index contributed by atoms with van der Waals surface area (Å²) in [6.45, 7) is 8.31. The molecule has 53 heavy (non-hydrogen) atoms. The van der Waals surface area contributed by atoms with Gasteiger partial charge in [0.25, 0.3) is 0 Å². The van der Waals surface area contributed by atoms with Crippen molar-refractivity contribution in [2.75, 3.05) is 108 Å². The van der Waals surface area contributed by atoms with Gasteiger partial charge in [0.2, 0.25) is 23.3 Å². The molecule has 12 nitrogen and oxygen atoms in total. The zero-order valence-electron chi connectivity index (χ0n) is 31.6. The Hall–Kier alpha value is -4.36. The number of ether oxygens (including phenoxy) is 6. The van der Waals surface area contributed by atoms with Crippen molar-refractivity contribution in [1.29, 1.82) is 0 Å². The number of nitrogens with zero attached hydrogens (tertiary/aromatic N) is 4. The number of carbonyl (C=O) groups excluding carboxylic acids is 2. The topological polar surface area (TPSA) is 102 Å². The van der Waals surface area contributed by atoms with Crippen LogP contribution in [0.15, 0.2) is 60.7 Å². The van der Waals surface area contributed by atoms with E-state index in [4.69, 9.17) is 28.4 Å². The van der Waals surface area contributed by atoms with Gasteiger partial charge in [-0.05, 0) is 54.9 Å². The van der Waals surface area contributed by atoms with Crippen molar-refractivity contribution in [3.05, 3.63) is 71.8 Å². The van der Waals surface area contributed by atoms with Gasteiger partial charge in [-0.25, -0.2) is 0 Å². The molecule has 292 valence electrons. The zero-order valence-corrected chi connectivity index (χ0v) is 33.2. The fourth-order valence-electron chi connectivity index (χ4n) is 6.12. The predicted octanol–water partition coefficient (Wildman–Crippen LogP) is 5.10. The first-order chi connectivity index (χ1) is 24.8. The number of allylic oxidation sites excluding steroid dienone is 4. The second-order valence-corrected chi connectivity index (χ2v) is 12.0. The number of hydrogen-bond acceptors (Lipinski definition) is 10. The van der Waals surface area contributed by atoms with E-state index in [1.807, 2.05) is 58.4 Å². The summed E-state index contributed by atoms with van der Waals surface area (Å²) in [5.41, 5.74) is 1.74. The van der Waals surface area contributed by atoms with Gasteiger partial charge in [-0.15, -0.1) is 24.8 Å². The van der Waals surface area contributed by atoms with Crippen molar-refractivity contribution in [3.63, 3.8) is 0 Å². The number of piperazine rings is 2. The second-order valence-electron chi connectivity index (χ2n) is 12.0. The maximum absolute atomic E-state index is 12.8. The minimum absolute atomic E-state index is 0. The highest BCUT2D eigenvalue weighted by molar-refractivity contribution is 5.88. The summed E-state index contributed by atoms with van der Waals surface area (Å²) in [6.07, 6.45) is 15.2. The lowest BCUT2D eigenvalue weighted by Gasteiger charge is -2.36. The third-order valence-electron chi connectivity index (χ3n) is 8.97. The van der Waals surface area contributed by atoms with Crippen LogP contribution in [0.25, 0.3) is 12.2 Å². The maximum atomic E-state index is 12.8. The number of rotatable bonds is 16. The summed E-state index contributed by atoms with van der Waals surface area (Å²) in [4.78, 5) is 34.2. The van der Waals surface area contributed by atoms with Gasteiger partial charge >= 0.3 is 0 Å². The molecular weight excluding hydrogens is 723 g/mol. The van der Waals surface area contributed by atoms with Crippen LogP contribution in [0.1, 0.15) is 17.5 Å². The number of methoxy groups -OCH3 is 6. The Morgan fingerprint density at radius 3 is 1.11 bits per heavy atom. The Kier molecular flexibility index (Phi) is 19.7. The van der Waals surface area contributed by atoms with Crippen LogP contribution in [-0.2, 0) is 9.59 Å². The first kappa shape index (κ1) is 44.8. The van der Waals surface area contributed by atoms with Gasteiger partial charge in [-0.2, -0.15) is 0 Å². The molecule has 2 aromatic rings. The minimum atomic E-state index is 0. The van der Waals surface area contributed by atoms with Gasteiger partial charge in [0.1, 0.15) is 0 Å². The van der Waals surface area contributed by atoms with E-state index in [0.29, 0.717) is 60.7 Å². The van der Waals surface area contributed by atoms with Crippen molar-refractivity contribution in [3.8, 4) is 34.5 Å². The van der Waals surface area contributed by atoms with E-state index in [1.54, 1.807) is 67.0 Å². The van der Waals surface area contributed by atoms with Gasteiger partial charge in [-0.3, -0.25) is 19.4 Å². The van der Waals surface area contributed by atoms with Crippen LogP contribution in [0.3, 0.4) is 0 Å². The van der Waals surface area contributed by atoms with Crippen LogP contribution < -0.4 is 28.4 Å². The number of carbonyl (C=O) groups is 2. The van der Waals surface area contributed by atoms with E-state index in [0.717, 1.165) is 56.8 Å². The molecule has 2 aromatic carbocycles. The van der Waals surface area contributed by atoms with E-state index < -0.39 is 0 Å². The molecule has 14 heteroatoms. The summed E-state index contributed by atoms with van der Waals surface area (Å²) in [6, 6.07) is 7.42. The molecule has 0 unspecified atom stereocenters. The Morgan fingerprint density at radius 2 is 0.830 bits per heavy atom. The lowest BCUT2D eigenvalue weighted by molar-refractivity contribution is -0.128. The molecular formula is C39H54Cl2N4O8. The van der Waals surface area contributed by atoms with Gasteiger partial charge in [-0.1, -0.05) is 36.5 Å². The number of hydrogen-bond donors (Lipinski definition) is 0. The minimum Gasteiger partial charge on any atom is -0.493 e. The molecule has 0 aliphatic carbocycles. The molecule has 2 amide bonds.